The van der Waals surface area contributed by atoms with Gasteiger partial charge in [-0.3, -0.25) is 9.59 Å². The fourth-order valence-corrected chi connectivity index (χ4v) is 2.39. The normalized spacial score (nSPS) is 10.2. The average Bonchev–Trinajstić information content (AvgIpc) is 2.76. The van der Waals surface area contributed by atoms with Gasteiger partial charge in [0, 0.05) is 6.07 Å². The maximum absolute atomic E-state index is 11.9. The molecule has 0 radical (unpaired) electrons. The molecular formula is C12H9ClNO2S+. The third-order valence-electron chi connectivity index (χ3n) is 2.19. The van der Waals surface area contributed by atoms with Crippen molar-refractivity contribution in [1.82, 2.24) is 0 Å². The minimum atomic E-state index is -0.0186. The molecule has 0 bridgehead atoms. The van der Waals surface area contributed by atoms with Crippen molar-refractivity contribution < 1.29 is 14.2 Å². The number of carbonyl (C=O) groups is 2. The Morgan fingerprint density at radius 3 is 2.88 bits per heavy atom. The van der Waals surface area contributed by atoms with Gasteiger partial charge in [-0.15, -0.1) is 11.3 Å². The van der Waals surface area contributed by atoms with E-state index in [1.165, 1.54) is 11.3 Å². The lowest BCUT2D eigenvalue weighted by atomic mass is 10.3. The second-order valence-electron chi connectivity index (χ2n) is 3.45. The molecule has 17 heavy (non-hydrogen) atoms. The first-order chi connectivity index (χ1) is 8.19. The molecule has 0 atom stereocenters. The smallest absolute Gasteiger partial charge is 0.237 e. The number of hydrogen-bond acceptors (Lipinski definition) is 3. The number of halogens is 1. The number of aldehydes is 1. The van der Waals surface area contributed by atoms with Crippen molar-refractivity contribution >= 4 is 35.0 Å². The topological polar surface area (TPSA) is 38.0 Å². The van der Waals surface area contributed by atoms with Crippen LogP contribution in [0.15, 0.2) is 36.7 Å². The number of hydrogen-bond donors (Lipinski definition) is 0. The van der Waals surface area contributed by atoms with E-state index >= 15 is 0 Å². The molecule has 2 rings (SSSR count). The van der Waals surface area contributed by atoms with Crippen molar-refractivity contribution in [3.63, 3.8) is 0 Å². The molecular weight excluding hydrogens is 258 g/mol. The van der Waals surface area contributed by atoms with Crippen LogP contribution in [0.25, 0.3) is 0 Å². The van der Waals surface area contributed by atoms with Crippen LogP contribution in [0.3, 0.4) is 0 Å². The van der Waals surface area contributed by atoms with Crippen LogP contribution >= 0.6 is 22.9 Å². The van der Waals surface area contributed by atoms with Gasteiger partial charge < -0.3 is 0 Å². The van der Waals surface area contributed by atoms with Crippen LogP contribution in [0.5, 0.6) is 0 Å². The number of ketones is 1. The lowest BCUT2D eigenvalue weighted by Crippen LogP contribution is -2.37. The van der Waals surface area contributed by atoms with E-state index in [9.17, 15) is 9.59 Å². The summed E-state index contributed by atoms with van der Waals surface area (Å²) in [4.78, 5) is 23.1. The summed E-state index contributed by atoms with van der Waals surface area (Å²) >= 11 is 7.03. The summed E-state index contributed by atoms with van der Waals surface area (Å²) < 4.78 is 2.28. The van der Waals surface area contributed by atoms with Crippen molar-refractivity contribution in [2.75, 3.05) is 0 Å². The Kier molecular flexibility index (Phi) is 3.66. The molecule has 0 unspecified atom stereocenters. The predicted octanol–water partition coefficient (Wildman–Crippen LogP) is 2.38. The number of Topliss-reactive ketones (excluding diaryl/α,β-unsaturated/α-hetero) is 1. The molecule has 0 aliphatic rings. The van der Waals surface area contributed by atoms with E-state index in [4.69, 9.17) is 11.6 Å². The van der Waals surface area contributed by atoms with Crippen LogP contribution in [0.1, 0.15) is 20.0 Å². The Labute approximate surface area is 107 Å². The monoisotopic (exact) mass is 266 g/mol. The third-order valence-corrected chi connectivity index (χ3v) is 3.46. The molecule has 0 fully saturated rings. The molecule has 0 saturated carbocycles. The highest BCUT2D eigenvalue weighted by atomic mass is 35.5. The summed E-state index contributed by atoms with van der Waals surface area (Å²) in [6.07, 6.45) is 4.14. The molecule has 0 N–H and O–H groups in total. The fourth-order valence-electron chi connectivity index (χ4n) is 1.42. The lowest BCUT2D eigenvalue weighted by molar-refractivity contribution is -0.683. The quantitative estimate of drug-likeness (QED) is 0.484. The second-order valence-corrected chi connectivity index (χ2v) is 5.17. The summed E-state index contributed by atoms with van der Waals surface area (Å²) in [5.41, 5.74) is 0.546. The zero-order valence-corrected chi connectivity index (χ0v) is 10.4. The average molecular weight is 267 g/mol. The van der Waals surface area contributed by atoms with E-state index in [1.807, 2.05) is 0 Å². The van der Waals surface area contributed by atoms with Gasteiger partial charge in [-0.1, -0.05) is 11.6 Å². The highest BCUT2D eigenvalue weighted by Crippen LogP contribution is 2.21. The van der Waals surface area contributed by atoms with Crippen molar-refractivity contribution in [3.8, 4) is 0 Å². The first-order valence-corrected chi connectivity index (χ1v) is 6.11. The lowest BCUT2D eigenvalue weighted by Gasteiger charge is -1.95. The molecule has 2 heterocycles. The Morgan fingerprint density at radius 2 is 2.24 bits per heavy atom. The van der Waals surface area contributed by atoms with Crippen LogP contribution in [0.2, 0.25) is 4.34 Å². The second kappa shape index (κ2) is 5.21. The maximum atomic E-state index is 11.9. The van der Waals surface area contributed by atoms with Crippen LogP contribution in [-0.2, 0) is 6.54 Å². The molecule has 2 aromatic heterocycles. The number of pyridine rings is 1. The Morgan fingerprint density at radius 1 is 1.41 bits per heavy atom. The van der Waals surface area contributed by atoms with Crippen LogP contribution < -0.4 is 4.57 Å². The Hall–Kier alpha value is -1.52. The molecule has 86 valence electrons. The number of carbonyl (C=O) groups excluding carboxylic acids is 2. The van der Waals surface area contributed by atoms with Crippen molar-refractivity contribution in [2.45, 2.75) is 6.54 Å². The van der Waals surface area contributed by atoms with Gasteiger partial charge in [-0.25, -0.2) is 0 Å². The van der Waals surface area contributed by atoms with E-state index in [0.29, 0.717) is 14.8 Å². The highest BCUT2D eigenvalue weighted by molar-refractivity contribution is 7.18. The van der Waals surface area contributed by atoms with Crippen LogP contribution in [0, 0.1) is 0 Å². The van der Waals surface area contributed by atoms with E-state index in [-0.39, 0.29) is 12.3 Å². The van der Waals surface area contributed by atoms with Crippen molar-refractivity contribution in [3.05, 3.63) is 51.4 Å². The molecule has 0 aromatic carbocycles. The van der Waals surface area contributed by atoms with Crippen molar-refractivity contribution in [1.29, 1.82) is 0 Å². The molecule has 5 heteroatoms. The summed E-state index contributed by atoms with van der Waals surface area (Å²) in [6, 6.07) is 6.83. The van der Waals surface area contributed by atoms with Crippen LogP contribution in [-0.4, -0.2) is 12.1 Å². The molecule has 0 aliphatic heterocycles. The maximum Gasteiger partial charge on any atom is 0.237 e. The number of rotatable bonds is 4. The number of aromatic nitrogens is 1. The largest absolute Gasteiger partial charge is 0.298 e. The van der Waals surface area contributed by atoms with Gasteiger partial charge in [0.25, 0.3) is 0 Å². The fraction of sp³-hybridized carbons (Fsp3) is 0.0833. The standard InChI is InChI=1S/C12H9ClNO2S/c13-12-4-3-11(17-12)10(16)7-14-5-1-2-9(6-14)8-15/h1-6,8H,7H2/q+1. The molecule has 2 aromatic rings. The molecule has 0 spiro atoms. The zero-order valence-electron chi connectivity index (χ0n) is 8.80. The number of nitrogens with zero attached hydrogens (tertiary/aromatic N) is 1. The minimum absolute atomic E-state index is 0.0186. The summed E-state index contributed by atoms with van der Waals surface area (Å²) in [5, 5.41) is 0. The Bertz CT molecular complexity index is 565. The zero-order chi connectivity index (χ0) is 12.3. The molecule has 0 amide bonds. The summed E-state index contributed by atoms with van der Waals surface area (Å²) in [5.74, 6) is -0.0186. The predicted molar refractivity (Wildman–Crippen MR) is 65.7 cm³/mol. The van der Waals surface area contributed by atoms with E-state index in [0.717, 1.165) is 6.29 Å². The molecule has 0 aliphatic carbocycles. The summed E-state index contributed by atoms with van der Waals surface area (Å²) in [7, 11) is 0. The molecule has 3 nitrogen and oxygen atoms in total. The highest BCUT2D eigenvalue weighted by Gasteiger charge is 2.14. The van der Waals surface area contributed by atoms with Gasteiger partial charge in [-0.05, 0) is 18.2 Å². The van der Waals surface area contributed by atoms with Gasteiger partial charge in [0.1, 0.15) is 0 Å². The first kappa shape index (κ1) is 12.0. The van der Waals surface area contributed by atoms with Gasteiger partial charge in [-0.2, -0.15) is 4.57 Å². The van der Waals surface area contributed by atoms with E-state index < -0.39 is 0 Å². The summed E-state index contributed by atoms with van der Waals surface area (Å²) in [6.45, 7) is 0.207. The number of thiophene rings is 1. The Balaban J connectivity index is 2.15. The van der Waals surface area contributed by atoms with Gasteiger partial charge in [0.05, 0.1) is 14.8 Å². The van der Waals surface area contributed by atoms with Crippen molar-refractivity contribution in [2.24, 2.45) is 0 Å². The minimum Gasteiger partial charge on any atom is -0.298 e. The van der Waals surface area contributed by atoms with E-state index in [2.05, 4.69) is 0 Å². The first-order valence-electron chi connectivity index (χ1n) is 4.92. The SMILES string of the molecule is O=Cc1ccc[n+](CC(=O)c2ccc(Cl)s2)c1. The van der Waals surface area contributed by atoms with Gasteiger partial charge >= 0.3 is 0 Å². The van der Waals surface area contributed by atoms with Crippen LogP contribution in [0.4, 0.5) is 0 Å². The van der Waals surface area contributed by atoms with Gasteiger partial charge in [0.2, 0.25) is 12.3 Å². The van der Waals surface area contributed by atoms with E-state index in [1.54, 1.807) is 41.2 Å². The van der Waals surface area contributed by atoms with Gasteiger partial charge in [0.15, 0.2) is 18.7 Å². The molecule has 0 saturated heterocycles. The third kappa shape index (κ3) is 2.99.